The maximum absolute atomic E-state index is 12.5. The van der Waals surface area contributed by atoms with Gasteiger partial charge in [-0.15, -0.1) is 0 Å². The molecule has 3 rings (SSSR count). The number of carbonyl (C=O) groups is 3. The number of fused-ring (bicyclic) bond motifs is 1. The van der Waals surface area contributed by atoms with Crippen LogP contribution in [0.4, 0.5) is 0 Å². The zero-order chi connectivity index (χ0) is 15.2. The van der Waals surface area contributed by atoms with Gasteiger partial charge in [0.05, 0.1) is 30.4 Å². The molecule has 2 aliphatic rings. The molecule has 5 heteroatoms. The maximum Gasteiger partial charge on any atom is 0.310 e. The van der Waals surface area contributed by atoms with Gasteiger partial charge in [-0.05, 0) is 19.4 Å². The molecule has 3 unspecified atom stereocenters. The van der Waals surface area contributed by atoms with Gasteiger partial charge in [0.2, 0.25) is 11.8 Å². The average molecular weight is 287 g/mol. The number of hydrogen-bond donors (Lipinski definition) is 0. The molecule has 1 aromatic rings. The Kier molecular flexibility index (Phi) is 3.08. The van der Waals surface area contributed by atoms with E-state index in [0.29, 0.717) is 0 Å². The molecule has 0 aromatic heterocycles. The minimum Gasteiger partial charge on any atom is -0.466 e. The van der Waals surface area contributed by atoms with Gasteiger partial charge in [-0.1, -0.05) is 30.3 Å². The Balaban J connectivity index is 1.77. The highest BCUT2D eigenvalue weighted by Crippen LogP contribution is 2.64. The van der Waals surface area contributed by atoms with Gasteiger partial charge in [0.1, 0.15) is 0 Å². The fourth-order valence-electron chi connectivity index (χ4n) is 3.27. The van der Waals surface area contributed by atoms with Gasteiger partial charge in [0.25, 0.3) is 0 Å². The van der Waals surface area contributed by atoms with E-state index in [-0.39, 0.29) is 25.0 Å². The Hall–Kier alpha value is -2.17. The first-order valence-corrected chi connectivity index (χ1v) is 7.08. The summed E-state index contributed by atoms with van der Waals surface area (Å²) in [4.78, 5) is 38.0. The van der Waals surface area contributed by atoms with Crippen LogP contribution in [0.3, 0.4) is 0 Å². The second-order valence-corrected chi connectivity index (χ2v) is 5.71. The van der Waals surface area contributed by atoms with Crippen molar-refractivity contribution in [3.05, 3.63) is 35.9 Å². The molecule has 0 spiro atoms. The fourth-order valence-corrected chi connectivity index (χ4v) is 3.27. The van der Waals surface area contributed by atoms with Gasteiger partial charge in [-0.2, -0.15) is 0 Å². The number of carbonyl (C=O) groups excluding carboxylic acids is 3. The number of amides is 2. The first-order chi connectivity index (χ1) is 10.0. The van der Waals surface area contributed by atoms with Gasteiger partial charge < -0.3 is 4.74 Å². The van der Waals surface area contributed by atoms with Crippen LogP contribution >= 0.6 is 0 Å². The molecule has 2 fully saturated rings. The first-order valence-electron chi connectivity index (χ1n) is 7.08. The molecule has 1 saturated heterocycles. The minimum atomic E-state index is -0.905. The number of nitrogens with zero attached hydrogens (tertiary/aromatic N) is 1. The number of hydrogen-bond acceptors (Lipinski definition) is 4. The SMILES string of the molecule is CCOC(=O)C1C2C(=O)N(Cc3ccccc3)C(=O)C12C. The Bertz CT molecular complexity index is 612. The van der Waals surface area contributed by atoms with Crippen molar-refractivity contribution in [2.45, 2.75) is 20.4 Å². The number of imide groups is 1. The standard InChI is InChI=1S/C16H17NO4/c1-3-21-14(19)12-11-13(18)17(15(20)16(11,12)2)9-10-7-5-4-6-8-10/h4-8,11-12H,3,9H2,1-2H3. The number of piperidine rings is 1. The molecule has 2 amide bonds. The summed E-state index contributed by atoms with van der Waals surface area (Å²) in [7, 11) is 0. The maximum atomic E-state index is 12.5. The molecule has 1 aromatic carbocycles. The molecule has 5 nitrogen and oxygen atoms in total. The summed E-state index contributed by atoms with van der Waals surface area (Å²) in [5.41, 5.74) is -0.00485. The molecule has 1 aliphatic carbocycles. The minimum absolute atomic E-state index is 0.258. The van der Waals surface area contributed by atoms with Crippen LogP contribution in [0.5, 0.6) is 0 Å². The summed E-state index contributed by atoms with van der Waals surface area (Å²) >= 11 is 0. The third kappa shape index (κ3) is 1.87. The van der Waals surface area contributed by atoms with Crippen molar-refractivity contribution in [1.29, 1.82) is 0 Å². The van der Waals surface area contributed by atoms with E-state index in [0.717, 1.165) is 5.56 Å². The van der Waals surface area contributed by atoms with Gasteiger partial charge in [-0.3, -0.25) is 19.3 Å². The van der Waals surface area contributed by atoms with E-state index >= 15 is 0 Å². The van der Waals surface area contributed by atoms with Crippen LogP contribution in [0.25, 0.3) is 0 Å². The molecular weight excluding hydrogens is 270 g/mol. The average Bonchev–Trinajstić information content (AvgIpc) is 3.07. The van der Waals surface area contributed by atoms with E-state index in [9.17, 15) is 14.4 Å². The van der Waals surface area contributed by atoms with E-state index in [1.807, 2.05) is 30.3 Å². The van der Waals surface area contributed by atoms with Crippen molar-refractivity contribution in [3.8, 4) is 0 Å². The number of likely N-dealkylation sites (tertiary alicyclic amines) is 1. The lowest BCUT2D eigenvalue weighted by Crippen LogP contribution is -2.37. The van der Waals surface area contributed by atoms with Crippen molar-refractivity contribution in [2.75, 3.05) is 6.61 Å². The van der Waals surface area contributed by atoms with Crippen LogP contribution < -0.4 is 0 Å². The van der Waals surface area contributed by atoms with Gasteiger partial charge >= 0.3 is 5.97 Å². The number of rotatable bonds is 4. The summed E-state index contributed by atoms with van der Waals surface area (Å²) in [6.07, 6.45) is 0. The summed E-state index contributed by atoms with van der Waals surface area (Å²) in [5.74, 6) is -2.12. The van der Waals surface area contributed by atoms with Crippen molar-refractivity contribution in [3.63, 3.8) is 0 Å². The van der Waals surface area contributed by atoms with Gasteiger partial charge in [-0.25, -0.2) is 0 Å². The molecule has 1 heterocycles. The normalized spacial score (nSPS) is 30.3. The monoisotopic (exact) mass is 287 g/mol. The molecule has 1 saturated carbocycles. The molecule has 3 atom stereocenters. The van der Waals surface area contributed by atoms with Gasteiger partial charge in [0, 0.05) is 0 Å². The third-order valence-electron chi connectivity index (χ3n) is 4.48. The predicted octanol–water partition coefficient (Wildman–Crippen LogP) is 1.37. The van der Waals surface area contributed by atoms with Crippen LogP contribution in [0, 0.1) is 17.3 Å². The predicted molar refractivity (Wildman–Crippen MR) is 73.7 cm³/mol. The largest absolute Gasteiger partial charge is 0.466 e. The molecule has 1 aliphatic heterocycles. The molecule has 110 valence electrons. The van der Waals surface area contributed by atoms with Crippen molar-refractivity contribution in [1.82, 2.24) is 4.90 Å². The topological polar surface area (TPSA) is 63.7 Å². The van der Waals surface area contributed by atoms with E-state index in [1.54, 1.807) is 13.8 Å². The highest BCUT2D eigenvalue weighted by atomic mass is 16.5. The summed E-state index contributed by atoms with van der Waals surface area (Å²) in [5, 5.41) is 0. The smallest absolute Gasteiger partial charge is 0.310 e. The van der Waals surface area contributed by atoms with E-state index < -0.39 is 23.2 Å². The lowest BCUT2D eigenvalue weighted by atomic mass is 10.1. The summed E-state index contributed by atoms with van der Waals surface area (Å²) in [6.45, 7) is 3.92. The first kappa shape index (κ1) is 13.8. The van der Waals surface area contributed by atoms with Crippen LogP contribution in [0.1, 0.15) is 19.4 Å². The van der Waals surface area contributed by atoms with E-state index in [1.165, 1.54) is 4.90 Å². The highest BCUT2D eigenvalue weighted by Gasteiger charge is 2.79. The van der Waals surface area contributed by atoms with Crippen molar-refractivity contribution in [2.24, 2.45) is 17.3 Å². The Labute approximate surface area is 122 Å². The van der Waals surface area contributed by atoms with Crippen LogP contribution in [-0.4, -0.2) is 29.3 Å². The Morgan fingerprint density at radius 3 is 2.48 bits per heavy atom. The lowest BCUT2D eigenvalue weighted by molar-refractivity contribution is -0.153. The summed E-state index contributed by atoms with van der Waals surface area (Å²) in [6, 6.07) is 9.35. The van der Waals surface area contributed by atoms with Crippen LogP contribution in [0.2, 0.25) is 0 Å². The van der Waals surface area contributed by atoms with Crippen LogP contribution in [-0.2, 0) is 25.7 Å². The fraction of sp³-hybridized carbons (Fsp3) is 0.438. The number of benzene rings is 1. The molecule has 0 bridgehead atoms. The van der Waals surface area contributed by atoms with Gasteiger partial charge in [0.15, 0.2) is 0 Å². The van der Waals surface area contributed by atoms with E-state index in [4.69, 9.17) is 4.74 Å². The Morgan fingerprint density at radius 2 is 1.95 bits per heavy atom. The molecule has 0 radical (unpaired) electrons. The third-order valence-corrected chi connectivity index (χ3v) is 4.48. The lowest BCUT2D eigenvalue weighted by Gasteiger charge is -2.20. The Morgan fingerprint density at radius 1 is 1.29 bits per heavy atom. The zero-order valence-corrected chi connectivity index (χ0v) is 12.0. The second-order valence-electron chi connectivity index (χ2n) is 5.71. The van der Waals surface area contributed by atoms with E-state index in [2.05, 4.69) is 0 Å². The number of ether oxygens (including phenoxy) is 1. The highest BCUT2D eigenvalue weighted by molar-refractivity contribution is 6.15. The van der Waals surface area contributed by atoms with Crippen LogP contribution in [0.15, 0.2) is 30.3 Å². The molecule has 21 heavy (non-hydrogen) atoms. The van der Waals surface area contributed by atoms with Crippen molar-refractivity contribution < 1.29 is 19.1 Å². The van der Waals surface area contributed by atoms with Crippen molar-refractivity contribution >= 4 is 17.8 Å². The number of esters is 1. The molecule has 0 N–H and O–H groups in total. The zero-order valence-electron chi connectivity index (χ0n) is 12.0. The molecular formula is C16H17NO4. The summed E-state index contributed by atoms with van der Waals surface area (Å²) < 4.78 is 4.96. The second kappa shape index (κ2) is 4.69. The quantitative estimate of drug-likeness (QED) is 0.620.